The van der Waals surface area contributed by atoms with Gasteiger partial charge in [0, 0.05) is 22.5 Å². The molecule has 1 aromatic heterocycles. The first-order chi connectivity index (χ1) is 13.3. The lowest BCUT2D eigenvalue weighted by Gasteiger charge is -2.19. The Morgan fingerprint density at radius 1 is 1.18 bits per heavy atom. The van der Waals surface area contributed by atoms with Gasteiger partial charge in [-0.1, -0.05) is 46.1 Å². The minimum absolute atomic E-state index is 0.000207. The molecule has 1 aliphatic heterocycles. The fourth-order valence-electron chi connectivity index (χ4n) is 2.66. The topological polar surface area (TPSA) is 91.8 Å². The first kappa shape index (κ1) is 19.3. The summed E-state index contributed by atoms with van der Waals surface area (Å²) in [5.41, 5.74) is 3.03. The fraction of sp³-hybridized carbons (Fsp3) is 0.238. The fourth-order valence-corrected chi connectivity index (χ4v) is 2.66. The quantitative estimate of drug-likeness (QED) is 0.658. The maximum absolute atomic E-state index is 11.6. The summed E-state index contributed by atoms with van der Waals surface area (Å²) >= 11 is 0. The number of allylic oxidation sites excluding steroid dienone is 3. The number of aromatic nitrogens is 3. The van der Waals surface area contributed by atoms with E-state index < -0.39 is 0 Å². The van der Waals surface area contributed by atoms with E-state index in [9.17, 15) is 4.79 Å². The van der Waals surface area contributed by atoms with Gasteiger partial charge in [0.15, 0.2) is 0 Å². The van der Waals surface area contributed by atoms with E-state index in [1.54, 1.807) is 18.2 Å². The van der Waals surface area contributed by atoms with Crippen LogP contribution in [0.4, 0.5) is 23.3 Å². The number of benzene rings is 1. The number of carbonyl (C=O) groups excluding carboxylic acids is 1. The zero-order valence-electron chi connectivity index (χ0n) is 16.3. The normalized spacial score (nSPS) is 13.5. The van der Waals surface area contributed by atoms with Gasteiger partial charge in [0.1, 0.15) is 5.82 Å². The van der Waals surface area contributed by atoms with E-state index >= 15 is 0 Å². The maximum Gasteiger partial charge on any atom is 0.232 e. The first-order valence-corrected chi connectivity index (χ1v) is 8.97. The summed E-state index contributed by atoms with van der Waals surface area (Å²) in [6.45, 7) is 13.6. The maximum atomic E-state index is 11.6. The Morgan fingerprint density at radius 2 is 1.93 bits per heavy atom. The molecule has 2 aromatic rings. The van der Waals surface area contributed by atoms with Gasteiger partial charge in [-0.3, -0.25) is 4.79 Å². The number of hydrogen-bond donors (Lipinski definition) is 3. The molecule has 1 amide bonds. The van der Waals surface area contributed by atoms with E-state index in [-0.39, 0.29) is 11.3 Å². The highest BCUT2D eigenvalue weighted by Gasteiger charge is 2.21. The molecule has 0 fully saturated rings. The molecule has 0 radical (unpaired) electrons. The van der Waals surface area contributed by atoms with Crippen LogP contribution in [0, 0.1) is 0 Å². The average molecular weight is 376 g/mol. The molecule has 0 unspecified atom stereocenters. The predicted octanol–water partition coefficient (Wildman–Crippen LogP) is 4.08. The molecule has 2 heterocycles. The van der Waals surface area contributed by atoms with Crippen molar-refractivity contribution < 1.29 is 4.79 Å². The van der Waals surface area contributed by atoms with Gasteiger partial charge in [-0.25, -0.2) is 0 Å². The number of hydrogen-bond acceptors (Lipinski definition) is 6. The summed E-state index contributed by atoms with van der Waals surface area (Å²) in [6, 6.07) is 5.70. The Labute approximate surface area is 164 Å². The SMILES string of the molecule is C=C/C=C(\C=C)Nc1nc(Nc2ccc3c(c2)NC(=O)C3)nc(C(C)(C)C)n1. The van der Waals surface area contributed by atoms with Crippen molar-refractivity contribution in [2.24, 2.45) is 0 Å². The minimum Gasteiger partial charge on any atom is -0.325 e. The number of nitrogens with one attached hydrogen (secondary N) is 3. The number of anilines is 4. The van der Waals surface area contributed by atoms with Crippen LogP contribution >= 0.6 is 0 Å². The summed E-state index contributed by atoms with van der Waals surface area (Å²) in [5, 5.41) is 9.18. The third-order valence-electron chi connectivity index (χ3n) is 4.07. The molecular weight excluding hydrogens is 352 g/mol. The van der Waals surface area contributed by atoms with Crippen molar-refractivity contribution in [3.8, 4) is 0 Å². The van der Waals surface area contributed by atoms with Gasteiger partial charge in [0.05, 0.1) is 6.42 Å². The first-order valence-electron chi connectivity index (χ1n) is 8.97. The molecule has 0 bridgehead atoms. The average Bonchev–Trinajstić information content (AvgIpc) is 2.99. The van der Waals surface area contributed by atoms with E-state index in [0.29, 0.717) is 24.1 Å². The van der Waals surface area contributed by atoms with E-state index in [4.69, 9.17) is 0 Å². The summed E-state index contributed by atoms with van der Waals surface area (Å²) in [5.74, 6) is 1.46. The van der Waals surface area contributed by atoms with Crippen molar-refractivity contribution in [3.05, 3.63) is 66.7 Å². The number of fused-ring (bicyclic) bond motifs is 1. The van der Waals surface area contributed by atoms with Crippen LogP contribution in [0.5, 0.6) is 0 Å². The molecule has 3 N–H and O–H groups in total. The molecule has 7 heteroatoms. The van der Waals surface area contributed by atoms with Crippen molar-refractivity contribution in [2.45, 2.75) is 32.6 Å². The van der Waals surface area contributed by atoms with E-state index in [1.165, 1.54) is 0 Å². The van der Waals surface area contributed by atoms with Gasteiger partial charge < -0.3 is 16.0 Å². The molecule has 0 aliphatic carbocycles. The summed E-state index contributed by atoms with van der Waals surface area (Å²) < 4.78 is 0. The second-order valence-electron chi connectivity index (χ2n) is 7.46. The Balaban J connectivity index is 1.94. The molecule has 28 heavy (non-hydrogen) atoms. The van der Waals surface area contributed by atoms with Crippen molar-refractivity contribution >= 4 is 29.2 Å². The van der Waals surface area contributed by atoms with Gasteiger partial charge >= 0.3 is 0 Å². The lowest BCUT2D eigenvalue weighted by Crippen LogP contribution is -2.19. The number of rotatable bonds is 6. The lowest BCUT2D eigenvalue weighted by atomic mass is 9.96. The highest BCUT2D eigenvalue weighted by Crippen LogP contribution is 2.28. The lowest BCUT2D eigenvalue weighted by molar-refractivity contribution is -0.115. The van der Waals surface area contributed by atoms with E-state index in [1.807, 2.05) is 39.0 Å². The van der Waals surface area contributed by atoms with Crippen LogP contribution in [0.3, 0.4) is 0 Å². The molecule has 0 atom stereocenters. The Hall–Kier alpha value is -3.48. The Bertz CT molecular complexity index is 971. The molecule has 0 saturated carbocycles. The minimum atomic E-state index is -0.266. The summed E-state index contributed by atoms with van der Waals surface area (Å²) in [6.07, 6.45) is 5.51. The van der Waals surface area contributed by atoms with Gasteiger partial charge in [-0.15, -0.1) is 0 Å². The van der Waals surface area contributed by atoms with Gasteiger partial charge in [0.25, 0.3) is 0 Å². The third kappa shape index (κ3) is 4.43. The van der Waals surface area contributed by atoms with Crippen LogP contribution in [-0.4, -0.2) is 20.9 Å². The molecule has 3 rings (SSSR count). The van der Waals surface area contributed by atoms with Gasteiger partial charge in [-0.2, -0.15) is 15.0 Å². The standard InChI is InChI=1S/C21H24N6O/c1-6-8-14(7-2)22-19-25-18(21(3,4)5)26-20(27-19)23-15-10-9-13-11-17(28)24-16(13)12-15/h6-10,12H,1-2,11H2,3-5H3,(H,24,28)(H2,22,23,25,26,27)/b14-8+. The second-order valence-corrected chi connectivity index (χ2v) is 7.46. The van der Waals surface area contributed by atoms with Crippen LogP contribution in [-0.2, 0) is 16.6 Å². The summed E-state index contributed by atoms with van der Waals surface area (Å²) in [4.78, 5) is 25.1. The van der Waals surface area contributed by atoms with Crippen molar-refractivity contribution in [2.75, 3.05) is 16.0 Å². The molecule has 0 saturated heterocycles. The predicted molar refractivity (Wildman–Crippen MR) is 113 cm³/mol. The van der Waals surface area contributed by atoms with Crippen molar-refractivity contribution in [1.82, 2.24) is 15.0 Å². The highest BCUT2D eigenvalue weighted by atomic mass is 16.1. The van der Waals surface area contributed by atoms with Crippen molar-refractivity contribution in [3.63, 3.8) is 0 Å². The summed E-state index contributed by atoms with van der Waals surface area (Å²) in [7, 11) is 0. The number of carbonyl (C=O) groups is 1. The van der Waals surface area contributed by atoms with Crippen LogP contribution in [0.2, 0.25) is 0 Å². The largest absolute Gasteiger partial charge is 0.325 e. The van der Waals surface area contributed by atoms with Crippen LogP contribution in [0.25, 0.3) is 0 Å². The molecule has 7 nitrogen and oxygen atoms in total. The zero-order chi connectivity index (χ0) is 20.3. The van der Waals surface area contributed by atoms with Crippen LogP contribution in [0.15, 0.2) is 55.3 Å². The molecule has 144 valence electrons. The number of nitrogens with zero attached hydrogens (tertiary/aromatic N) is 3. The third-order valence-corrected chi connectivity index (χ3v) is 4.07. The van der Waals surface area contributed by atoms with Crippen LogP contribution in [0.1, 0.15) is 32.2 Å². The zero-order valence-corrected chi connectivity index (χ0v) is 16.3. The van der Waals surface area contributed by atoms with Crippen LogP contribution < -0.4 is 16.0 Å². The smallest absolute Gasteiger partial charge is 0.232 e. The van der Waals surface area contributed by atoms with E-state index in [2.05, 4.69) is 44.1 Å². The Morgan fingerprint density at radius 3 is 2.61 bits per heavy atom. The Kier molecular flexibility index (Phi) is 5.26. The molecule has 0 spiro atoms. The molecular formula is C21H24N6O. The van der Waals surface area contributed by atoms with Gasteiger partial charge in [-0.05, 0) is 29.8 Å². The molecule has 1 aliphatic rings. The monoisotopic (exact) mass is 376 g/mol. The molecule has 1 aromatic carbocycles. The van der Waals surface area contributed by atoms with E-state index in [0.717, 1.165) is 22.6 Å². The van der Waals surface area contributed by atoms with Crippen molar-refractivity contribution in [1.29, 1.82) is 0 Å². The van der Waals surface area contributed by atoms with Gasteiger partial charge in [0.2, 0.25) is 17.8 Å². The highest BCUT2D eigenvalue weighted by molar-refractivity contribution is 5.99. The number of amides is 1. The second kappa shape index (κ2) is 7.64.